The highest BCUT2D eigenvalue weighted by Gasteiger charge is 2.45. The van der Waals surface area contributed by atoms with Gasteiger partial charge in [-0.05, 0) is 44.0 Å². The number of piperazine rings is 1. The van der Waals surface area contributed by atoms with Gasteiger partial charge in [0.1, 0.15) is 11.8 Å². The Hall–Kier alpha value is -1.60. The molecule has 2 atom stereocenters. The van der Waals surface area contributed by atoms with Crippen molar-refractivity contribution in [3.05, 3.63) is 24.3 Å². The Labute approximate surface area is 130 Å². The second kappa shape index (κ2) is 5.55. The summed E-state index contributed by atoms with van der Waals surface area (Å²) in [5, 5.41) is 0. The minimum Gasteiger partial charge on any atom is -0.497 e. The predicted molar refractivity (Wildman–Crippen MR) is 81.1 cm³/mol. The first-order valence-electron chi connectivity index (χ1n) is 7.41. The van der Waals surface area contributed by atoms with Crippen molar-refractivity contribution in [2.45, 2.75) is 36.7 Å². The van der Waals surface area contributed by atoms with Crippen LogP contribution in [0.4, 0.5) is 0 Å². The van der Waals surface area contributed by atoms with Crippen LogP contribution in [0.1, 0.15) is 19.8 Å². The maximum absolute atomic E-state index is 12.8. The van der Waals surface area contributed by atoms with Gasteiger partial charge in [-0.3, -0.25) is 4.79 Å². The lowest BCUT2D eigenvalue weighted by molar-refractivity contribution is -0.139. The van der Waals surface area contributed by atoms with Crippen molar-refractivity contribution in [3.8, 4) is 5.75 Å². The van der Waals surface area contributed by atoms with Crippen LogP contribution in [0, 0.1) is 0 Å². The molecule has 2 fully saturated rings. The van der Waals surface area contributed by atoms with Crippen LogP contribution in [0.25, 0.3) is 0 Å². The van der Waals surface area contributed by atoms with Crippen LogP contribution < -0.4 is 4.74 Å². The Morgan fingerprint density at radius 1 is 1.23 bits per heavy atom. The summed E-state index contributed by atoms with van der Waals surface area (Å²) in [6, 6.07) is 5.63. The summed E-state index contributed by atoms with van der Waals surface area (Å²) in [6.07, 6.45) is 1.81. The number of benzene rings is 1. The van der Waals surface area contributed by atoms with Crippen LogP contribution in [0.15, 0.2) is 29.2 Å². The molecule has 0 aliphatic carbocycles. The summed E-state index contributed by atoms with van der Waals surface area (Å²) in [5.41, 5.74) is 0. The molecule has 0 unspecified atom stereocenters. The number of methoxy groups -OCH3 is 1. The molecule has 0 spiro atoms. The number of nitrogens with zero attached hydrogens (tertiary/aromatic N) is 2. The summed E-state index contributed by atoms with van der Waals surface area (Å²) < 4.78 is 32.1. The number of rotatable bonds is 3. The van der Waals surface area contributed by atoms with Crippen LogP contribution in [-0.2, 0) is 14.8 Å². The number of hydrogen-bond donors (Lipinski definition) is 0. The molecule has 1 aromatic carbocycles. The SMILES string of the molecule is COc1ccc(S(=O)(=O)N2C[C@H]3CCCN3C(=O)[C@@H]2C)cc1. The van der Waals surface area contributed by atoms with E-state index in [9.17, 15) is 13.2 Å². The number of fused-ring (bicyclic) bond motifs is 1. The second-order valence-corrected chi connectivity index (χ2v) is 7.64. The van der Waals surface area contributed by atoms with Gasteiger partial charge < -0.3 is 9.64 Å². The molecule has 2 saturated heterocycles. The maximum atomic E-state index is 12.8. The van der Waals surface area contributed by atoms with Gasteiger partial charge in [-0.15, -0.1) is 0 Å². The second-order valence-electron chi connectivity index (χ2n) is 5.75. The first kappa shape index (κ1) is 15.3. The van der Waals surface area contributed by atoms with Crippen LogP contribution in [-0.4, -0.2) is 55.8 Å². The van der Waals surface area contributed by atoms with Gasteiger partial charge in [0.15, 0.2) is 0 Å². The van der Waals surface area contributed by atoms with E-state index < -0.39 is 16.1 Å². The van der Waals surface area contributed by atoms with Gasteiger partial charge in [-0.25, -0.2) is 8.42 Å². The molecule has 0 radical (unpaired) electrons. The average molecular weight is 324 g/mol. The average Bonchev–Trinajstić information content (AvgIpc) is 2.99. The van der Waals surface area contributed by atoms with E-state index in [-0.39, 0.29) is 16.8 Å². The minimum absolute atomic E-state index is 0.0109. The number of ether oxygens (including phenoxy) is 1. The number of amides is 1. The van der Waals surface area contributed by atoms with Gasteiger partial charge in [0.2, 0.25) is 15.9 Å². The Balaban J connectivity index is 1.92. The van der Waals surface area contributed by atoms with Crippen LogP contribution >= 0.6 is 0 Å². The molecule has 6 nitrogen and oxygen atoms in total. The topological polar surface area (TPSA) is 66.9 Å². The van der Waals surface area contributed by atoms with Gasteiger partial charge in [0.05, 0.1) is 12.0 Å². The maximum Gasteiger partial charge on any atom is 0.243 e. The molecule has 1 amide bonds. The van der Waals surface area contributed by atoms with Gasteiger partial charge >= 0.3 is 0 Å². The Morgan fingerprint density at radius 2 is 1.91 bits per heavy atom. The summed E-state index contributed by atoms with van der Waals surface area (Å²) >= 11 is 0. The summed E-state index contributed by atoms with van der Waals surface area (Å²) in [5.74, 6) is 0.509. The molecule has 0 aromatic heterocycles. The van der Waals surface area contributed by atoms with Crippen molar-refractivity contribution in [1.29, 1.82) is 0 Å². The van der Waals surface area contributed by atoms with Crippen molar-refractivity contribution in [1.82, 2.24) is 9.21 Å². The summed E-state index contributed by atoms with van der Waals surface area (Å²) in [7, 11) is -2.15. The largest absolute Gasteiger partial charge is 0.497 e. The first-order chi connectivity index (χ1) is 10.4. The van der Waals surface area contributed by atoms with Crippen LogP contribution in [0.3, 0.4) is 0 Å². The Morgan fingerprint density at radius 3 is 2.55 bits per heavy atom. The van der Waals surface area contributed by atoms with E-state index >= 15 is 0 Å². The fourth-order valence-corrected chi connectivity index (χ4v) is 4.86. The van der Waals surface area contributed by atoms with E-state index in [1.807, 2.05) is 4.90 Å². The van der Waals surface area contributed by atoms with E-state index in [4.69, 9.17) is 4.74 Å². The molecule has 7 heteroatoms. The fourth-order valence-electron chi connectivity index (χ4n) is 3.23. The van der Waals surface area contributed by atoms with Crippen molar-refractivity contribution >= 4 is 15.9 Å². The first-order valence-corrected chi connectivity index (χ1v) is 8.85. The molecule has 0 saturated carbocycles. The smallest absolute Gasteiger partial charge is 0.243 e. The zero-order valence-electron chi connectivity index (χ0n) is 12.7. The number of hydrogen-bond acceptors (Lipinski definition) is 4. The van der Waals surface area contributed by atoms with E-state index in [0.29, 0.717) is 12.3 Å². The molecule has 120 valence electrons. The lowest BCUT2D eigenvalue weighted by atomic mass is 10.1. The van der Waals surface area contributed by atoms with Crippen molar-refractivity contribution in [2.24, 2.45) is 0 Å². The zero-order valence-corrected chi connectivity index (χ0v) is 13.5. The number of sulfonamides is 1. The van der Waals surface area contributed by atoms with E-state index in [0.717, 1.165) is 19.4 Å². The number of carbonyl (C=O) groups excluding carboxylic acids is 1. The summed E-state index contributed by atoms with van der Waals surface area (Å²) in [6.45, 7) is 2.78. The molecule has 0 N–H and O–H groups in total. The molecule has 3 rings (SSSR count). The lowest BCUT2D eigenvalue weighted by Gasteiger charge is -2.40. The lowest BCUT2D eigenvalue weighted by Crippen LogP contribution is -2.59. The molecule has 22 heavy (non-hydrogen) atoms. The van der Waals surface area contributed by atoms with Gasteiger partial charge in [0, 0.05) is 19.1 Å². The van der Waals surface area contributed by atoms with E-state index in [1.165, 1.54) is 23.5 Å². The third kappa shape index (κ3) is 2.38. The van der Waals surface area contributed by atoms with Gasteiger partial charge in [0.25, 0.3) is 0 Å². The van der Waals surface area contributed by atoms with E-state index in [1.54, 1.807) is 19.1 Å². The Bertz CT molecular complexity index is 671. The van der Waals surface area contributed by atoms with Crippen molar-refractivity contribution in [3.63, 3.8) is 0 Å². The molecule has 0 bridgehead atoms. The normalized spacial score (nSPS) is 26.1. The van der Waals surface area contributed by atoms with Gasteiger partial charge in [-0.2, -0.15) is 4.31 Å². The molecular formula is C15H20N2O4S. The molecule has 2 aliphatic rings. The fraction of sp³-hybridized carbons (Fsp3) is 0.533. The van der Waals surface area contributed by atoms with Gasteiger partial charge in [-0.1, -0.05) is 0 Å². The third-order valence-corrected chi connectivity index (χ3v) is 6.46. The zero-order chi connectivity index (χ0) is 15.9. The molecule has 1 aromatic rings. The monoisotopic (exact) mass is 324 g/mol. The third-order valence-electron chi connectivity index (χ3n) is 4.51. The van der Waals surface area contributed by atoms with Crippen LogP contribution in [0.2, 0.25) is 0 Å². The van der Waals surface area contributed by atoms with E-state index in [2.05, 4.69) is 0 Å². The van der Waals surface area contributed by atoms with Crippen molar-refractivity contribution in [2.75, 3.05) is 20.2 Å². The predicted octanol–water partition coefficient (Wildman–Crippen LogP) is 1.08. The highest BCUT2D eigenvalue weighted by molar-refractivity contribution is 7.89. The van der Waals surface area contributed by atoms with Crippen LogP contribution in [0.5, 0.6) is 5.75 Å². The minimum atomic E-state index is -3.68. The molecule has 2 aliphatic heterocycles. The molecular weight excluding hydrogens is 304 g/mol. The highest BCUT2D eigenvalue weighted by Crippen LogP contribution is 2.30. The summed E-state index contributed by atoms with van der Waals surface area (Å²) in [4.78, 5) is 14.4. The quantitative estimate of drug-likeness (QED) is 0.834. The highest BCUT2D eigenvalue weighted by atomic mass is 32.2. The van der Waals surface area contributed by atoms with Crippen molar-refractivity contribution < 1.29 is 17.9 Å². The Kier molecular flexibility index (Phi) is 3.86. The number of carbonyl (C=O) groups is 1. The molecule has 2 heterocycles. The standard InChI is InChI=1S/C15H20N2O4S/c1-11-15(18)16-9-3-4-12(16)10-17(11)22(19,20)14-7-5-13(21-2)6-8-14/h5-8,11-12H,3-4,9-10H2,1-2H3/t11-,12+/m0/s1.